The minimum absolute atomic E-state index is 0.298. The van der Waals surface area contributed by atoms with Crippen molar-refractivity contribution in [1.82, 2.24) is 0 Å². The topological polar surface area (TPSA) is 127 Å². The number of hydrogen-bond donors (Lipinski definition) is 4. The maximum absolute atomic E-state index is 7.54. The number of anilines is 1. The zero-order chi connectivity index (χ0) is 20.1. The number of hydrazone groups is 1. The van der Waals surface area contributed by atoms with Crippen LogP contribution < -0.4 is 17.3 Å². The van der Waals surface area contributed by atoms with E-state index in [2.05, 4.69) is 12.0 Å². The molecule has 2 aromatic carbocycles. The summed E-state index contributed by atoms with van der Waals surface area (Å²) in [7, 11) is 0. The first-order valence-corrected chi connectivity index (χ1v) is 9.35. The molecule has 0 unspecified atom stereocenters. The van der Waals surface area contributed by atoms with E-state index < -0.39 is 0 Å². The standard InChI is InChI=1S/C22H26N6/c1-14-4-2-3-5-19(14)21(15-6-8-16(9-7-15)22(25)28-26)27-18-10-11-20(24)17(12-18)13-23/h6-13,23H,2-5,24,26H2,1H3,(H2,25,28). The SMILES string of the molecule is CC1=C(C(=Nc2ccc(N)c(C=N)c2)c2ccc(C(N)=NN)cc2)CCCC1. The normalized spacial score (nSPS) is 15.6. The van der Waals surface area contributed by atoms with E-state index in [1.54, 1.807) is 6.07 Å². The molecule has 0 aliphatic heterocycles. The second-order valence-corrected chi connectivity index (χ2v) is 6.98. The van der Waals surface area contributed by atoms with Crippen LogP contribution in [0.15, 0.2) is 63.7 Å². The summed E-state index contributed by atoms with van der Waals surface area (Å²) in [6.45, 7) is 2.18. The molecule has 144 valence electrons. The molecule has 28 heavy (non-hydrogen) atoms. The molecule has 0 fully saturated rings. The number of benzene rings is 2. The number of nitrogens with zero attached hydrogens (tertiary/aromatic N) is 2. The minimum atomic E-state index is 0.298. The van der Waals surface area contributed by atoms with Crippen LogP contribution >= 0.6 is 0 Å². The maximum Gasteiger partial charge on any atom is 0.150 e. The van der Waals surface area contributed by atoms with E-state index in [0.717, 1.165) is 41.8 Å². The molecule has 0 aromatic heterocycles. The number of amidine groups is 1. The molecule has 0 saturated carbocycles. The fraction of sp³-hybridized carbons (Fsp3) is 0.227. The Labute approximate surface area is 165 Å². The lowest BCUT2D eigenvalue weighted by Crippen LogP contribution is -2.16. The molecule has 0 radical (unpaired) electrons. The van der Waals surface area contributed by atoms with Gasteiger partial charge in [0.25, 0.3) is 0 Å². The lowest BCUT2D eigenvalue weighted by Gasteiger charge is -2.20. The van der Waals surface area contributed by atoms with Crippen LogP contribution in [-0.4, -0.2) is 17.8 Å². The first-order chi connectivity index (χ1) is 13.5. The zero-order valence-corrected chi connectivity index (χ0v) is 16.1. The van der Waals surface area contributed by atoms with Crippen molar-refractivity contribution in [2.75, 3.05) is 5.73 Å². The van der Waals surface area contributed by atoms with Gasteiger partial charge in [-0.3, -0.25) is 0 Å². The summed E-state index contributed by atoms with van der Waals surface area (Å²) in [6, 6.07) is 13.3. The van der Waals surface area contributed by atoms with Crippen LogP contribution in [0.1, 0.15) is 49.3 Å². The quantitative estimate of drug-likeness (QED) is 0.209. The van der Waals surface area contributed by atoms with Crippen LogP contribution in [0.25, 0.3) is 0 Å². The fourth-order valence-electron chi connectivity index (χ4n) is 3.44. The van der Waals surface area contributed by atoms with E-state index in [1.165, 1.54) is 23.8 Å². The number of nitrogens with one attached hydrogen (secondary N) is 1. The largest absolute Gasteiger partial charge is 0.398 e. The summed E-state index contributed by atoms with van der Waals surface area (Å²) in [5, 5.41) is 11.1. The van der Waals surface area contributed by atoms with Crippen molar-refractivity contribution in [2.45, 2.75) is 32.6 Å². The Morgan fingerprint density at radius 1 is 1.04 bits per heavy atom. The maximum atomic E-state index is 7.54. The third-order valence-corrected chi connectivity index (χ3v) is 5.09. The van der Waals surface area contributed by atoms with E-state index in [1.807, 2.05) is 36.4 Å². The molecule has 7 N–H and O–H groups in total. The molecule has 6 heteroatoms. The molecular weight excluding hydrogens is 348 g/mol. The third kappa shape index (κ3) is 4.11. The number of nitrogens with two attached hydrogens (primary N) is 3. The van der Waals surface area contributed by atoms with Crippen molar-refractivity contribution in [3.63, 3.8) is 0 Å². The second kappa shape index (κ2) is 8.52. The Hall–Kier alpha value is -3.41. The van der Waals surface area contributed by atoms with Crippen LogP contribution in [0.4, 0.5) is 11.4 Å². The van der Waals surface area contributed by atoms with Gasteiger partial charge in [0.2, 0.25) is 0 Å². The summed E-state index contributed by atoms with van der Waals surface area (Å²) in [4.78, 5) is 4.96. The van der Waals surface area contributed by atoms with Crippen LogP contribution in [0.2, 0.25) is 0 Å². The molecule has 0 atom stereocenters. The molecule has 1 aliphatic rings. The van der Waals surface area contributed by atoms with Gasteiger partial charge in [-0.05, 0) is 56.4 Å². The van der Waals surface area contributed by atoms with E-state index in [4.69, 9.17) is 27.7 Å². The van der Waals surface area contributed by atoms with Crippen LogP contribution in [0, 0.1) is 5.41 Å². The Morgan fingerprint density at radius 2 is 1.71 bits per heavy atom. The predicted molar refractivity (Wildman–Crippen MR) is 117 cm³/mol. The van der Waals surface area contributed by atoms with E-state index >= 15 is 0 Å². The fourth-order valence-corrected chi connectivity index (χ4v) is 3.44. The van der Waals surface area contributed by atoms with Gasteiger partial charge >= 0.3 is 0 Å². The van der Waals surface area contributed by atoms with Gasteiger partial charge in [0.1, 0.15) is 5.84 Å². The highest BCUT2D eigenvalue weighted by Crippen LogP contribution is 2.30. The number of allylic oxidation sites excluding steroid dienone is 2. The molecule has 0 bridgehead atoms. The molecule has 6 nitrogen and oxygen atoms in total. The highest BCUT2D eigenvalue weighted by atomic mass is 15.1. The van der Waals surface area contributed by atoms with Crippen LogP contribution in [-0.2, 0) is 0 Å². The van der Waals surface area contributed by atoms with E-state index in [9.17, 15) is 0 Å². The Balaban J connectivity index is 2.12. The van der Waals surface area contributed by atoms with Crippen LogP contribution in [0.5, 0.6) is 0 Å². The second-order valence-electron chi connectivity index (χ2n) is 6.98. The van der Waals surface area contributed by atoms with Crippen molar-refractivity contribution in [2.24, 2.45) is 21.7 Å². The lowest BCUT2D eigenvalue weighted by molar-refractivity contribution is 0.688. The molecule has 0 spiro atoms. The van der Waals surface area contributed by atoms with Gasteiger partial charge in [-0.1, -0.05) is 29.8 Å². The van der Waals surface area contributed by atoms with Gasteiger partial charge in [-0.15, -0.1) is 0 Å². The van der Waals surface area contributed by atoms with Gasteiger partial charge < -0.3 is 22.7 Å². The Bertz CT molecular complexity index is 967. The lowest BCUT2D eigenvalue weighted by atomic mass is 9.87. The number of aliphatic imine (C=N–C) groups is 1. The smallest absolute Gasteiger partial charge is 0.150 e. The summed E-state index contributed by atoms with van der Waals surface area (Å²) < 4.78 is 0. The van der Waals surface area contributed by atoms with Gasteiger partial charge in [-0.25, -0.2) is 4.99 Å². The first kappa shape index (κ1) is 19.4. The Kier molecular flexibility index (Phi) is 5.89. The van der Waals surface area contributed by atoms with Gasteiger partial charge in [-0.2, -0.15) is 5.10 Å². The molecule has 2 aromatic rings. The first-order valence-electron chi connectivity index (χ1n) is 9.35. The molecule has 1 aliphatic carbocycles. The molecule has 0 saturated heterocycles. The van der Waals surface area contributed by atoms with Gasteiger partial charge in [0.15, 0.2) is 0 Å². The average molecular weight is 374 g/mol. The third-order valence-electron chi connectivity index (χ3n) is 5.09. The van der Waals surface area contributed by atoms with E-state index in [-0.39, 0.29) is 0 Å². The molecule has 3 rings (SSSR count). The van der Waals surface area contributed by atoms with Crippen molar-refractivity contribution < 1.29 is 0 Å². The summed E-state index contributed by atoms with van der Waals surface area (Å²) >= 11 is 0. The van der Waals surface area contributed by atoms with Crippen molar-refractivity contribution >= 4 is 29.1 Å². The minimum Gasteiger partial charge on any atom is -0.398 e. The highest BCUT2D eigenvalue weighted by Gasteiger charge is 2.17. The summed E-state index contributed by atoms with van der Waals surface area (Å²) in [6.07, 6.45) is 5.72. The van der Waals surface area contributed by atoms with Crippen molar-refractivity contribution in [3.8, 4) is 0 Å². The average Bonchev–Trinajstić information content (AvgIpc) is 2.73. The van der Waals surface area contributed by atoms with Crippen molar-refractivity contribution in [3.05, 3.63) is 70.3 Å². The molecule has 0 amide bonds. The van der Waals surface area contributed by atoms with E-state index in [0.29, 0.717) is 17.1 Å². The number of hydrogen-bond acceptors (Lipinski definition) is 5. The number of nitrogen functional groups attached to an aromatic ring is 1. The summed E-state index contributed by atoms with van der Waals surface area (Å²) in [5.74, 6) is 5.58. The zero-order valence-electron chi connectivity index (χ0n) is 16.1. The molecule has 0 heterocycles. The van der Waals surface area contributed by atoms with Gasteiger partial charge in [0, 0.05) is 28.6 Å². The Morgan fingerprint density at radius 3 is 2.36 bits per heavy atom. The molecular formula is C22H26N6. The number of rotatable bonds is 5. The summed E-state index contributed by atoms with van der Waals surface area (Å²) in [5.41, 5.74) is 19.1. The van der Waals surface area contributed by atoms with Crippen molar-refractivity contribution in [1.29, 1.82) is 5.41 Å². The predicted octanol–water partition coefficient (Wildman–Crippen LogP) is 3.86. The van der Waals surface area contributed by atoms with Gasteiger partial charge in [0.05, 0.1) is 11.4 Å². The highest BCUT2D eigenvalue weighted by molar-refractivity contribution is 6.14. The monoisotopic (exact) mass is 374 g/mol. The van der Waals surface area contributed by atoms with Crippen LogP contribution in [0.3, 0.4) is 0 Å².